The molecular formula is C14H15BrN4O2. The van der Waals surface area contributed by atoms with Gasteiger partial charge in [-0.05, 0) is 35.0 Å². The Kier molecular flexibility index (Phi) is 4.74. The number of anilines is 1. The average Bonchev–Trinajstić information content (AvgIpc) is 2.88. The molecule has 7 heteroatoms. The van der Waals surface area contributed by atoms with E-state index in [1.54, 1.807) is 19.3 Å². The smallest absolute Gasteiger partial charge is 0.256 e. The average molecular weight is 351 g/mol. The number of rotatable bonds is 4. The van der Waals surface area contributed by atoms with Gasteiger partial charge in [0.15, 0.2) is 0 Å². The van der Waals surface area contributed by atoms with E-state index in [0.29, 0.717) is 11.3 Å². The molecule has 6 nitrogen and oxygen atoms in total. The minimum Gasteiger partial charge on any atom is -0.358 e. The van der Waals surface area contributed by atoms with Gasteiger partial charge in [-0.1, -0.05) is 11.6 Å². The molecule has 0 saturated carbocycles. The number of likely N-dealkylation sites (N-methyl/N-ethyl adjacent to an activating group) is 1. The number of aryl methyl sites for hydroxylation is 1. The van der Waals surface area contributed by atoms with Crippen molar-refractivity contribution in [1.82, 2.24) is 15.1 Å². The van der Waals surface area contributed by atoms with Gasteiger partial charge >= 0.3 is 0 Å². The lowest BCUT2D eigenvalue weighted by molar-refractivity contribution is -0.121. The second kappa shape index (κ2) is 6.53. The van der Waals surface area contributed by atoms with Crippen molar-refractivity contribution in [2.75, 3.05) is 12.4 Å². The molecule has 2 rings (SSSR count). The zero-order valence-corrected chi connectivity index (χ0v) is 13.3. The van der Waals surface area contributed by atoms with Crippen molar-refractivity contribution in [1.29, 1.82) is 0 Å². The fourth-order valence-corrected chi connectivity index (χ4v) is 2.18. The highest BCUT2D eigenvalue weighted by atomic mass is 79.9. The van der Waals surface area contributed by atoms with Crippen molar-refractivity contribution in [3.63, 3.8) is 0 Å². The number of carbonyl (C=O) groups excluding carboxylic acids is 2. The van der Waals surface area contributed by atoms with Gasteiger partial charge < -0.3 is 10.6 Å². The maximum atomic E-state index is 12.2. The highest BCUT2D eigenvalue weighted by Crippen LogP contribution is 2.19. The normalized spacial score (nSPS) is 10.2. The molecule has 0 bridgehead atoms. The molecule has 1 heterocycles. The summed E-state index contributed by atoms with van der Waals surface area (Å²) >= 11 is 3.36. The Labute approximate surface area is 130 Å². The van der Waals surface area contributed by atoms with E-state index in [1.807, 2.05) is 19.1 Å². The third kappa shape index (κ3) is 3.91. The second-order valence-corrected chi connectivity index (χ2v) is 5.39. The van der Waals surface area contributed by atoms with Crippen LogP contribution in [0.1, 0.15) is 15.9 Å². The van der Waals surface area contributed by atoms with E-state index in [2.05, 4.69) is 31.7 Å². The van der Waals surface area contributed by atoms with Crippen LogP contribution in [0.3, 0.4) is 0 Å². The first-order valence-corrected chi connectivity index (χ1v) is 7.09. The molecule has 0 aliphatic carbocycles. The number of nitrogens with zero attached hydrogens (tertiary/aromatic N) is 2. The quantitative estimate of drug-likeness (QED) is 0.884. The Balaban J connectivity index is 2.09. The highest BCUT2D eigenvalue weighted by Gasteiger charge is 2.12. The molecule has 0 saturated heterocycles. The summed E-state index contributed by atoms with van der Waals surface area (Å²) in [6.07, 6.45) is 3.11. The highest BCUT2D eigenvalue weighted by molar-refractivity contribution is 9.10. The van der Waals surface area contributed by atoms with Crippen LogP contribution >= 0.6 is 15.9 Å². The largest absolute Gasteiger partial charge is 0.358 e. The van der Waals surface area contributed by atoms with Gasteiger partial charge in [-0.3, -0.25) is 14.3 Å². The SMILES string of the molecule is CNC(=O)Cn1cc(NC(=O)c2cc(C)ccc2Br)cn1. The molecule has 2 aromatic rings. The lowest BCUT2D eigenvalue weighted by Crippen LogP contribution is -2.23. The van der Waals surface area contributed by atoms with Crippen LogP contribution in [0.5, 0.6) is 0 Å². The topological polar surface area (TPSA) is 76.0 Å². The third-order valence-electron chi connectivity index (χ3n) is 2.84. The molecule has 2 N–H and O–H groups in total. The predicted molar refractivity (Wildman–Crippen MR) is 83.1 cm³/mol. The summed E-state index contributed by atoms with van der Waals surface area (Å²) < 4.78 is 2.18. The Morgan fingerprint density at radius 3 is 2.86 bits per heavy atom. The number of halogens is 1. The van der Waals surface area contributed by atoms with Gasteiger partial charge in [0.25, 0.3) is 5.91 Å². The van der Waals surface area contributed by atoms with Crippen LogP contribution in [0.2, 0.25) is 0 Å². The van der Waals surface area contributed by atoms with E-state index >= 15 is 0 Å². The fourth-order valence-electron chi connectivity index (χ4n) is 1.75. The zero-order chi connectivity index (χ0) is 15.4. The van der Waals surface area contributed by atoms with Crippen LogP contribution in [0.4, 0.5) is 5.69 Å². The lowest BCUT2D eigenvalue weighted by Gasteiger charge is -2.06. The summed E-state index contributed by atoms with van der Waals surface area (Å²) in [4.78, 5) is 23.5. The maximum absolute atomic E-state index is 12.2. The van der Waals surface area contributed by atoms with Gasteiger partial charge in [0.05, 0.1) is 17.4 Å². The standard InChI is InChI=1S/C14H15BrN4O2/c1-9-3-4-12(15)11(5-9)14(21)18-10-6-17-19(7-10)8-13(20)16-2/h3-7H,8H2,1-2H3,(H,16,20)(H,18,21). The number of hydrogen-bond donors (Lipinski definition) is 2. The number of hydrogen-bond acceptors (Lipinski definition) is 3. The van der Waals surface area contributed by atoms with E-state index in [-0.39, 0.29) is 18.4 Å². The number of aromatic nitrogens is 2. The summed E-state index contributed by atoms with van der Waals surface area (Å²) in [5, 5.41) is 9.28. The van der Waals surface area contributed by atoms with Crippen LogP contribution < -0.4 is 10.6 Å². The van der Waals surface area contributed by atoms with E-state index in [9.17, 15) is 9.59 Å². The molecule has 0 unspecified atom stereocenters. The molecule has 21 heavy (non-hydrogen) atoms. The molecule has 1 aromatic heterocycles. The van der Waals surface area contributed by atoms with Gasteiger partial charge in [-0.25, -0.2) is 0 Å². The van der Waals surface area contributed by atoms with Crippen molar-refractivity contribution in [3.05, 3.63) is 46.2 Å². The van der Waals surface area contributed by atoms with E-state index in [4.69, 9.17) is 0 Å². The first kappa shape index (κ1) is 15.2. The predicted octanol–water partition coefficient (Wildman–Crippen LogP) is 1.95. The minimum atomic E-state index is -0.231. The maximum Gasteiger partial charge on any atom is 0.256 e. The first-order valence-electron chi connectivity index (χ1n) is 6.30. The number of carbonyl (C=O) groups is 2. The summed E-state index contributed by atoms with van der Waals surface area (Å²) in [7, 11) is 1.56. The van der Waals surface area contributed by atoms with Crippen molar-refractivity contribution in [3.8, 4) is 0 Å². The molecule has 0 aliphatic rings. The van der Waals surface area contributed by atoms with Gasteiger partial charge in [-0.2, -0.15) is 5.10 Å². The van der Waals surface area contributed by atoms with Crippen LogP contribution in [0.25, 0.3) is 0 Å². The fraction of sp³-hybridized carbons (Fsp3) is 0.214. The van der Waals surface area contributed by atoms with Crippen molar-refractivity contribution in [2.45, 2.75) is 13.5 Å². The molecule has 0 radical (unpaired) electrons. The molecule has 110 valence electrons. The van der Waals surface area contributed by atoms with Crippen molar-refractivity contribution in [2.24, 2.45) is 0 Å². The van der Waals surface area contributed by atoms with Gasteiger partial charge in [-0.15, -0.1) is 0 Å². The number of amides is 2. The Hall–Kier alpha value is -2.15. The van der Waals surface area contributed by atoms with Crippen molar-refractivity contribution < 1.29 is 9.59 Å². The Bertz CT molecular complexity index is 681. The first-order chi connectivity index (χ1) is 9.99. The third-order valence-corrected chi connectivity index (χ3v) is 3.53. The van der Waals surface area contributed by atoms with Crippen LogP contribution in [0.15, 0.2) is 35.1 Å². The molecule has 0 atom stereocenters. The summed E-state index contributed by atoms with van der Waals surface area (Å²) in [5.74, 6) is -0.387. The molecule has 0 aliphatic heterocycles. The molecular weight excluding hydrogens is 336 g/mol. The Morgan fingerprint density at radius 2 is 2.14 bits per heavy atom. The van der Waals surface area contributed by atoms with Gasteiger partial charge in [0.2, 0.25) is 5.91 Å². The molecule has 2 amide bonds. The summed E-state index contributed by atoms with van der Waals surface area (Å²) in [5.41, 5.74) is 2.09. The molecule has 1 aromatic carbocycles. The van der Waals surface area contributed by atoms with E-state index in [0.717, 1.165) is 10.0 Å². The summed E-state index contributed by atoms with van der Waals surface area (Å²) in [6, 6.07) is 5.55. The van der Waals surface area contributed by atoms with E-state index < -0.39 is 0 Å². The van der Waals surface area contributed by atoms with Crippen molar-refractivity contribution >= 4 is 33.4 Å². The molecule has 0 spiro atoms. The van der Waals surface area contributed by atoms with Gasteiger partial charge in [0.1, 0.15) is 6.54 Å². The second-order valence-electron chi connectivity index (χ2n) is 4.54. The summed E-state index contributed by atoms with van der Waals surface area (Å²) in [6.45, 7) is 2.03. The van der Waals surface area contributed by atoms with Gasteiger partial charge in [0, 0.05) is 17.7 Å². The van der Waals surface area contributed by atoms with Crippen LogP contribution in [0, 0.1) is 6.92 Å². The Morgan fingerprint density at radius 1 is 1.38 bits per heavy atom. The lowest BCUT2D eigenvalue weighted by atomic mass is 10.1. The molecule has 0 fully saturated rings. The van der Waals surface area contributed by atoms with Crippen LogP contribution in [-0.2, 0) is 11.3 Å². The van der Waals surface area contributed by atoms with Crippen LogP contribution in [-0.4, -0.2) is 28.6 Å². The monoisotopic (exact) mass is 350 g/mol. The number of nitrogens with one attached hydrogen (secondary N) is 2. The minimum absolute atomic E-state index is 0.112. The van der Waals surface area contributed by atoms with E-state index in [1.165, 1.54) is 10.9 Å². The number of benzene rings is 1. The zero-order valence-electron chi connectivity index (χ0n) is 11.7.